The minimum Gasteiger partial charge on any atom is -0.399 e. The average molecular weight is 400 g/mol. The molecule has 1 aromatic rings. The topological polar surface area (TPSA) is 42.0 Å². The second-order valence-electron chi connectivity index (χ2n) is 10.9. The van der Waals surface area contributed by atoms with Crippen LogP contribution >= 0.6 is 0 Å². The summed E-state index contributed by atoms with van der Waals surface area (Å²) >= 11 is 0. The summed E-state index contributed by atoms with van der Waals surface area (Å²) in [6.07, 6.45) is 0. The highest BCUT2D eigenvalue weighted by molar-refractivity contribution is 6.62. The van der Waals surface area contributed by atoms with E-state index in [-0.39, 0.29) is 29.6 Å². The maximum absolute atomic E-state index is 12.7. The van der Waals surface area contributed by atoms with Crippen molar-refractivity contribution in [2.24, 2.45) is 5.41 Å². The molecule has 6 heteroatoms. The van der Waals surface area contributed by atoms with Crippen molar-refractivity contribution in [3.63, 3.8) is 0 Å². The van der Waals surface area contributed by atoms with Crippen molar-refractivity contribution in [3.05, 3.63) is 29.3 Å². The molecule has 3 rings (SSSR count). The summed E-state index contributed by atoms with van der Waals surface area (Å²) in [5.41, 5.74) is 2.91. The number of benzene rings is 1. The van der Waals surface area contributed by atoms with Gasteiger partial charge in [0.1, 0.15) is 0 Å². The van der Waals surface area contributed by atoms with Crippen LogP contribution in [-0.4, -0.2) is 60.2 Å². The summed E-state index contributed by atoms with van der Waals surface area (Å²) in [4.78, 5) is 16.9. The van der Waals surface area contributed by atoms with Crippen LogP contribution in [0.4, 0.5) is 0 Å². The zero-order chi connectivity index (χ0) is 21.6. The van der Waals surface area contributed by atoms with Gasteiger partial charge in [-0.1, -0.05) is 39.0 Å². The van der Waals surface area contributed by atoms with Crippen LogP contribution in [0, 0.1) is 12.3 Å². The van der Waals surface area contributed by atoms with E-state index in [0.717, 1.165) is 25.1 Å². The fraction of sp³-hybridized carbons (Fsp3) is 0.696. The standard InChI is InChI=1S/C23H37BN2O3/c1-17-13-19(24-28-22(5,6)23(7,8)29-24)10-9-18(17)14-26-12-11-25(15-20(26)27)16-21(2,3)4/h9-10,13H,11-12,14-16H2,1-8H3. The van der Waals surface area contributed by atoms with Crippen LogP contribution < -0.4 is 5.46 Å². The molecule has 160 valence electrons. The van der Waals surface area contributed by atoms with Crippen LogP contribution in [0.2, 0.25) is 0 Å². The zero-order valence-corrected chi connectivity index (χ0v) is 19.5. The average Bonchev–Trinajstić information content (AvgIpc) is 2.78. The Morgan fingerprint density at radius 2 is 1.69 bits per heavy atom. The Balaban J connectivity index is 1.64. The van der Waals surface area contributed by atoms with Gasteiger partial charge < -0.3 is 14.2 Å². The second-order valence-corrected chi connectivity index (χ2v) is 10.9. The van der Waals surface area contributed by atoms with Crippen molar-refractivity contribution < 1.29 is 14.1 Å². The molecule has 0 aliphatic carbocycles. The lowest BCUT2D eigenvalue weighted by atomic mass is 9.78. The van der Waals surface area contributed by atoms with E-state index in [1.165, 1.54) is 11.1 Å². The highest BCUT2D eigenvalue weighted by atomic mass is 16.7. The van der Waals surface area contributed by atoms with Gasteiger partial charge in [-0.15, -0.1) is 0 Å². The van der Waals surface area contributed by atoms with E-state index in [4.69, 9.17) is 9.31 Å². The van der Waals surface area contributed by atoms with Crippen molar-refractivity contribution >= 4 is 18.5 Å². The van der Waals surface area contributed by atoms with Crippen molar-refractivity contribution in [2.45, 2.75) is 73.1 Å². The fourth-order valence-electron chi connectivity index (χ4n) is 3.96. The lowest BCUT2D eigenvalue weighted by Gasteiger charge is -2.37. The highest BCUT2D eigenvalue weighted by Gasteiger charge is 2.51. The Morgan fingerprint density at radius 3 is 2.21 bits per heavy atom. The van der Waals surface area contributed by atoms with Crippen molar-refractivity contribution in [1.29, 1.82) is 0 Å². The van der Waals surface area contributed by atoms with Gasteiger partial charge in [0, 0.05) is 26.2 Å². The van der Waals surface area contributed by atoms with Gasteiger partial charge in [-0.2, -0.15) is 0 Å². The lowest BCUT2D eigenvalue weighted by molar-refractivity contribution is -0.137. The summed E-state index contributed by atoms with van der Waals surface area (Å²) in [5, 5.41) is 0. The molecule has 5 nitrogen and oxygen atoms in total. The summed E-state index contributed by atoms with van der Waals surface area (Å²) in [6.45, 7) is 20.9. The molecule has 0 N–H and O–H groups in total. The lowest BCUT2D eigenvalue weighted by Crippen LogP contribution is -2.51. The molecule has 0 spiro atoms. The third-order valence-electron chi connectivity index (χ3n) is 6.35. The number of carbonyl (C=O) groups excluding carboxylic acids is 1. The van der Waals surface area contributed by atoms with Gasteiger partial charge in [0.25, 0.3) is 0 Å². The number of piperazine rings is 1. The highest BCUT2D eigenvalue weighted by Crippen LogP contribution is 2.36. The fourth-order valence-corrected chi connectivity index (χ4v) is 3.96. The zero-order valence-electron chi connectivity index (χ0n) is 19.5. The maximum atomic E-state index is 12.7. The Bertz CT molecular complexity index is 754. The monoisotopic (exact) mass is 400 g/mol. The van der Waals surface area contributed by atoms with Crippen LogP contribution in [0.15, 0.2) is 18.2 Å². The van der Waals surface area contributed by atoms with Crippen LogP contribution in [0.1, 0.15) is 59.6 Å². The van der Waals surface area contributed by atoms with Crippen LogP contribution in [0.5, 0.6) is 0 Å². The number of carbonyl (C=O) groups is 1. The predicted molar refractivity (Wildman–Crippen MR) is 118 cm³/mol. The van der Waals surface area contributed by atoms with Crippen molar-refractivity contribution in [2.75, 3.05) is 26.2 Å². The summed E-state index contributed by atoms with van der Waals surface area (Å²) in [7, 11) is -0.352. The van der Waals surface area contributed by atoms with Crippen molar-refractivity contribution in [1.82, 2.24) is 9.80 Å². The Labute approximate surface area is 176 Å². The molecule has 2 heterocycles. The third kappa shape index (κ3) is 5.04. The van der Waals surface area contributed by atoms with Gasteiger partial charge in [0.15, 0.2) is 0 Å². The van der Waals surface area contributed by atoms with Crippen molar-refractivity contribution in [3.8, 4) is 0 Å². The molecular weight excluding hydrogens is 363 g/mol. The van der Waals surface area contributed by atoms with E-state index < -0.39 is 0 Å². The number of amides is 1. The number of rotatable bonds is 4. The SMILES string of the molecule is Cc1cc(B2OC(C)(C)C(C)(C)O2)ccc1CN1CCN(CC(C)(C)C)CC1=O. The number of hydrogen-bond donors (Lipinski definition) is 0. The molecule has 0 bridgehead atoms. The predicted octanol–water partition coefficient (Wildman–Crippen LogP) is 2.98. The van der Waals surface area contributed by atoms with Gasteiger partial charge in [0.2, 0.25) is 5.91 Å². The van der Waals surface area contributed by atoms with E-state index in [0.29, 0.717) is 13.1 Å². The Kier molecular flexibility index (Phi) is 5.94. The normalized spacial score (nSPS) is 22.4. The number of hydrogen-bond acceptors (Lipinski definition) is 4. The first kappa shape index (κ1) is 22.3. The third-order valence-corrected chi connectivity index (χ3v) is 6.35. The van der Waals surface area contributed by atoms with Crippen LogP contribution in [0.25, 0.3) is 0 Å². The van der Waals surface area contributed by atoms with Gasteiger partial charge >= 0.3 is 7.12 Å². The molecule has 0 radical (unpaired) electrons. The molecule has 0 aromatic heterocycles. The Hall–Kier alpha value is -1.37. The molecule has 29 heavy (non-hydrogen) atoms. The molecule has 1 amide bonds. The molecule has 0 saturated carbocycles. The van der Waals surface area contributed by atoms with E-state index in [1.54, 1.807) is 0 Å². The summed E-state index contributed by atoms with van der Waals surface area (Å²) in [6, 6.07) is 6.33. The largest absolute Gasteiger partial charge is 0.494 e. The summed E-state index contributed by atoms with van der Waals surface area (Å²) in [5.74, 6) is 0.218. The molecular formula is C23H37BN2O3. The van der Waals surface area contributed by atoms with Gasteiger partial charge in [-0.3, -0.25) is 9.69 Å². The maximum Gasteiger partial charge on any atom is 0.494 e. The summed E-state index contributed by atoms with van der Waals surface area (Å²) < 4.78 is 12.3. The molecule has 2 saturated heterocycles. The van der Waals surface area contributed by atoms with E-state index in [1.807, 2.05) is 4.90 Å². The first-order valence-corrected chi connectivity index (χ1v) is 10.7. The van der Waals surface area contributed by atoms with E-state index >= 15 is 0 Å². The smallest absolute Gasteiger partial charge is 0.399 e. The van der Waals surface area contributed by atoms with Crippen LogP contribution in [0.3, 0.4) is 0 Å². The molecule has 2 fully saturated rings. The van der Waals surface area contributed by atoms with Gasteiger partial charge in [0.05, 0.1) is 17.7 Å². The second kappa shape index (κ2) is 7.71. The molecule has 1 aromatic carbocycles. The van der Waals surface area contributed by atoms with Gasteiger partial charge in [-0.05, 0) is 56.6 Å². The number of aryl methyl sites for hydroxylation is 1. The molecule has 0 unspecified atom stereocenters. The van der Waals surface area contributed by atoms with E-state index in [9.17, 15) is 4.79 Å². The van der Waals surface area contributed by atoms with E-state index in [2.05, 4.69) is 78.5 Å². The first-order chi connectivity index (χ1) is 13.3. The van der Waals surface area contributed by atoms with Gasteiger partial charge in [-0.25, -0.2) is 0 Å². The molecule has 2 aliphatic heterocycles. The minimum atomic E-state index is -0.352. The Morgan fingerprint density at radius 1 is 1.07 bits per heavy atom. The first-order valence-electron chi connectivity index (χ1n) is 10.7. The minimum absolute atomic E-state index is 0.211. The quantitative estimate of drug-likeness (QED) is 0.729. The molecule has 2 aliphatic rings. The molecule has 0 atom stereocenters. The number of nitrogens with zero attached hydrogens (tertiary/aromatic N) is 2. The van der Waals surface area contributed by atoms with Crippen LogP contribution in [-0.2, 0) is 20.6 Å².